The third kappa shape index (κ3) is 4.59. The minimum absolute atomic E-state index is 0.165. The van der Waals surface area contributed by atoms with Crippen LogP contribution in [0.4, 0.5) is 0 Å². The van der Waals surface area contributed by atoms with Crippen LogP contribution < -0.4 is 9.47 Å². The quantitative estimate of drug-likeness (QED) is 0.392. The minimum Gasteiger partial charge on any atom is -0.493 e. The van der Waals surface area contributed by atoms with Crippen molar-refractivity contribution in [2.24, 2.45) is 0 Å². The molecule has 0 amide bonds. The lowest BCUT2D eigenvalue weighted by Crippen LogP contribution is -2.07. The normalized spacial score (nSPS) is 11.3. The highest BCUT2D eigenvalue weighted by atomic mass is 32.1. The van der Waals surface area contributed by atoms with Crippen molar-refractivity contribution in [1.29, 1.82) is 0 Å². The zero-order valence-electron chi connectivity index (χ0n) is 15.4. The number of hydrogen-bond donors (Lipinski definition) is 0. The summed E-state index contributed by atoms with van der Waals surface area (Å²) in [4.78, 5) is 14.7. The molecule has 0 saturated heterocycles. The smallest absolute Gasteiger partial charge is 0.339 e. The van der Waals surface area contributed by atoms with Crippen molar-refractivity contribution < 1.29 is 19.0 Å². The highest BCUT2D eigenvalue weighted by Gasteiger charge is 2.17. The first-order valence-electron chi connectivity index (χ1n) is 8.30. The van der Waals surface area contributed by atoms with E-state index in [4.69, 9.17) is 14.2 Å². The summed E-state index contributed by atoms with van der Waals surface area (Å²) in [5.74, 6) is 0.920. The standard InChI is InChI=1S/C21H20O4S2/c1-14-10-18(23-2)19(24-3)11-15(14)13-25-21(22)17(20-7-5-9-27-20)12-16-6-4-8-26-16/h4-12H,13H2,1-3H3/b17-12+. The molecule has 6 heteroatoms. The first-order chi connectivity index (χ1) is 13.1. The van der Waals surface area contributed by atoms with Gasteiger partial charge in [0.1, 0.15) is 6.61 Å². The van der Waals surface area contributed by atoms with E-state index in [0.29, 0.717) is 17.1 Å². The average molecular weight is 401 g/mol. The maximum atomic E-state index is 12.8. The van der Waals surface area contributed by atoms with Crippen LogP contribution in [0.3, 0.4) is 0 Å². The Kier molecular flexibility index (Phi) is 6.32. The molecule has 4 nitrogen and oxygen atoms in total. The van der Waals surface area contributed by atoms with E-state index in [0.717, 1.165) is 20.9 Å². The second kappa shape index (κ2) is 8.88. The molecule has 2 aromatic heterocycles. The molecular weight excluding hydrogens is 380 g/mol. The van der Waals surface area contributed by atoms with E-state index in [1.54, 1.807) is 25.6 Å². The Bertz CT molecular complexity index is 926. The lowest BCUT2D eigenvalue weighted by molar-refractivity contribution is -0.137. The number of esters is 1. The average Bonchev–Trinajstić information content (AvgIpc) is 3.38. The molecule has 3 rings (SSSR count). The van der Waals surface area contributed by atoms with E-state index < -0.39 is 0 Å². The largest absolute Gasteiger partial charge is 0.493 e. The van der Waals surface area contributed by atoms with Crippen LogP contribution in [-0.2, 0) is 16.1 Å². The van der Waals surface area contributed by atoms with Crippen molar-refractivity contribution in [3.05, 3.63) is 68.0 Å². The summed E-state index contributed by atoms with van der Waals surface area (Å²) in [6.07, 6.45) is 1.88. The van der Waals surface area contributed by atoms with Crippen molar-refractivity contribution in [2.45, 2.75) is 13.5 Å². The van der Waals surface area contributed by atoms with E-state index in [9.17, 15) is 4.79 Å². The van der Waals surface area contributed by atoms with Crippen LogP contribution in [0.2, 0.25) is 0 Å². The van der Waals surface area contributed by atoms with Crippen LogP contribution >= 0.6 is 22.7 Å². The monoisotopic (exact) mass is 400 g/mol. The molecule has 0 saturated carbocycles. The molecule has 0 spiro atoms. The number of methoxy groups -OCH3 is 2. The Balaban J connectivity index is 1.81. The summed E-state index contributed by atoms with van der Waals surface area (Å²) in [6.45, 7) is 2.12. The highest BCUT2D eigenvalue weighted by molar-refractivity contribution is 7.12. The molecule has 0 bridgehead atoms. The van der Waals surface area contributed by atoms with Crippen molar-refractivity contribution in [3.63, 3.8) is 0 Å². The van der Waals surface area contributed by atoms with Gasteiger partial charge in [0.15, 0.2) is 11.5 Å². The molecular formula is C21H20O4S2. The SMILES string of the molecule is COc1cc(C)c(COC(=O)/C(=C/c2cccs2)c2cccs2)cc1OC. The minimum atomic E-state index is -0.347. The lowest BCUT2D eigenvalue weighted by Gasteiger charge is -2.13. The predicted octanol–water partition coefficient (Wildman–Crippen LogP) is 5.42. The summed E-state index contributed by atoms with van der Waals surface area (Å²) in [5, 5.41) is 3.93. The lowest BCUT2D eigenvalue weighted by atomic mass is 10.1. The molecule has 0 radical (unpaired) electrons. The van der Waals surface area contributed by atoms with Gasteiger partial charge in [-0.05, 0) is 59.2 Å². The van der Waals surface area contributed by atoms with Crippen LogP contribution in [0.15, 0.2) is 47.2 Å². The Morgan fingerprint density at radius 2 is 1.74 bits per heavy atom. The molecule has 27 heavy (non-hydrogen) atoms. The summed E-state index contributed by atoms with van der Waals surface area (Å²) >= 11 is 3.10. The van der Waals surface area contributed by atoms with Gasteiger partial charge in [-0.3, -0.25) is 0 Å². The predicted molar refractivity (Wildman–Crippen MR) is 111 cm³/mol. The van der Waals surface area contributed by atoms with Gasteiger partial charge >= 0.3 is 5.97 Å². The molecule has 3 aromatic rings. The van der Waals surface area contributed by atoms with Crippen LogP contribution in [0.1, 0.15) is 20.9 Å². The number of thiophene rings is 2. The summed E-state index contributed by atoms with van der Waals surface area (Å²) < 4.78 is 16.3. The van der Waals surface area contributed by atoms with Crippen molar-refractivity contribution >= 4 is 40.3 Å². The van der Waals surface area contributed by atoms with E-state index in [-0.39, 0.29) is 12.6 Å². The number of aryl methyl sites for hydroxylation is 1. The third-order valence-electron chi connectivity index (χ3n) is 4.04. The van der Waals surface area contributed by atoms with Crippen LogP contribution in [0.5, 0.6) is 11.5 Å². The van der Waals surface area contributed by atoms with Gasteiger partial charge in [-0.2, -0.15) is 0 Å². The van der Waals surface area contributed by atoms with Crippen molar-refractivity contribution in [2.75, 3.05) is 14.2 Å². The molecule has 2 heterocycles. The Morgan fingerprint density at radius 3 is 2.37 bits per heavy atom. The van der Waals surface area contributed by atoms with Crippen molar-refractivity contribution in [1.82, 2.24) is 0 Å². The molecule has 0 fully saturated rings. The highest BCUT2D eigenvalue weighted by Crippen LogP contribution is 2.31. The Labute approximate surface area is 166 Å². The van der Waals surface area contributed by atoms with Gasteiger partial charge in [-0.1, -0.05) is 12.1 Å². The topological polar surface area (TPSA) is 44.8 Å². The zero-order valence-corrected chi connectivity index (χ0v) is 17.0. The van der Waals surface area contributed by atoms with Crippen LogP contribution in [0, 0.1) is 6.92 Å². The summed E-state index contributed by atoms with van der Waals surface area (Å²) in [7, 11) is 3.18. The number of carbonyl (C=O) groups excluding carboxylic acids is 1. The Hall–Kier alpha value is -2.57. The van der Waals surface area contributed by atoms with Gasteiger partial charge in [-0.25, -0.2) is 4.79 Å². The first kappa shape index (κ1) is 19.2. The van der Waals surface area contributed by atoms with E-state index in [1.807, 2.05) is 60.2 Å². The van der Waals surface area contributed by atoms with Crippen molar-refractivity contribution in [3.8, 4) is 11.5 Å². The zero-order chi connectivity index (χ0) is 19.2. The Morgan fingerprint density at radius 1 is 1.04 bits per heavy atom. The van der Waals surface area contributed by atoms with Crippen LogP contribution in [0.25, 0.3) is 11.6 Å². The fraction of sp³-hybridized carbons (Fsp3) is 0.190. The van der Waals surface area contributed by atoms with Gasteiger partial charge in [-0.15, -0.1) is 22.7 Å². The molecule has 0 aliphatic heterocycles. The summed E-state index contributed by atoms with van der Waals surface area (Å²) in [6, 6.07) is 11.5. The fourth-order valence-electron chi connectivity index (χ4n) is 2.58. The molecule has 0 unspecified atom stereocenters. The maximum Gasteiger partial charge on any atom is 0.339 e. The van der Waals surface area contributed by atoms with Crippen LogP contribution in [-0.4, -0.2) is 20.2 Å². The number of rotatable bonds is 7. The van der Waals surface area contributed by atoms with E-state index >= 15 is 0 Å². The van der Waals surface area contributed by atoms with Gasteiger partial charge in [0.2, 0.25) is 0 Å². The van der Waals surface area contributed by atoms with E-state index in [2.05, 4.69) is 0 Å². The first-order valence-corrected chi connectivity index (χ1v) is 10.1. The van der Waals surface area contributed by atoms with Gasteiger partial charge in [0.05, 0.1) is 19.8 Å². The van der Waals surface area contributed by atoms with Gasteiger partial charge in [0, 0.05) is 9.75 Å². The fourth-order valence-corrected chi connectivity index (χ4v) is 3.96. The molecule has 140 valence electrons. The molecule has 0 atom stereocenters. The third-order valence-corrected chi connectivity index (χ3v) is 5.76. The second-order valence-corrected chi connectivity index (χ2v) is 7.69. The maximum absolute atomic E-state index is 12.8. The van der Waals surface area contributed by atoms with E-state index in [1.165, 1.54) is 11.3 Å². The van der Waals surface area contributed by atoms with Gasteiger partial charge < -0.3 is 14.2 Å². The number of carbonyl (C=O) groups is 1. The van der Waals surface area contributed by atoms with Gasteiger partial charge in [0.25, 0.3) is 0 Å². The number of hydrogen-bond acceptors (Lipinski definition) is 6. The molecule has 1 aromatic carbocycles. The second-order valence-electron chi connectivity index (χ2n) is 5.76. The number of benzene rings is 1. The molecule has 0 N–H and O–H groups in total. The molecule has 0 aliphatic rings. The molecule has 0 aliphatic carbocycles. The summed E-state index contributed by atoms with van der Waals surface area (Å²) in [5.41, 5.74) is 2.41. The number of ether oxygens (including phenoxy) is 3.